The first-order chi connectivity index (χ1) is 22.1. The van der Waals surface area contributed by atoms with Crippen LogP contribution in [0.3, 0.4) is 0 Å². The van der Waals surface area contributed by atoms with E-state index < -0.39 is 18.0 Å². The Morgan fingerprint density at radius 1 is 1.22 bits per heavy atom. The molecule has 1 atom stereocenters. The zero-order valence-corrected chi connectivity index (χ0v) is 27.4. The van der Waals surface area contributed by atoms with E-state index in [4.69, 9.17) is 9.53 Å². The molecule has 0 aromatic heterocycles. The molecule has 1 aromatic carbocycles. The van der Waals surface area contributed by atoms with Gasteiger partial charge in [0.05, 0.1) is 5.69 Å². The number of nitrogens with one attached hydrogen (secondary N) is 3. The molecule has 0 saturated carbocycles. The summed E-state index contributed by atoms with van der Waals surface area (Å²) in [5, 5.41) is 14.0. The average molecular weight is 640 g/mol. The highest BCUT2D eigenvalue weighted by Crippen LogP contribution is 2.28. The summed E-state index contributed by atoms with van der Waals surface area (Å²) in [6.45, 7) is 9.78. The van der Waals surface area contributed by atoms with Crippen LogP contribution in [0, 0.1) is 0 Å². The Kier molecular flexibility index (Phi) is 18.3. The van der Waals surface area contributed by atoms with Crippen molar-refractivity contribution in [3.8, 4) is 5.75 Å². The van der Waals surface area contributed by atoms with Crippen molar-refractivity contribution in [2.75, 3.05) is 25.5 Å². The summed E-state index contributed by atoms with van der Waals surface area (Å²) in [5.74, 6) is -0.643. The Morgan fingerprint density at radius 2 is 1.93 bits per heavy atom. The van der Waals surface area contributed by atoms with Crippen LogP contribution in [-0.4, -0.2) is 67.4 Å². The van der Waals surface area contributed by atoms with E-state index in [1.165, 1.54) is 23.5 Å². The van der Waals surface area contributed by atoms with Gasteiger partial charge in [-0.25, -0.2) is 4.39 Å². The number of primary amides is 1. The molecule has 1 unspecified atom stereocenters. The predicted molar refractivity (Wildman–Crippen MR) is 180 cm³/mol. The van der Waals surface area contributed by atoms with Gasteiger partial charge >= 0.3 is 0 Å². The van der Waals surface area contributed by atoms with Gasteiger partial charge in [0.15, 0.2) is 6.61 Å². The molecule has 0 spiro atoms. The SMILES string of the molecule is C/C=N\N(C)\C(=C/C(=N/C=C/C)C(=O)NCc1ccc2c(c1)NC(=O)CO2)C(=O)NCCC1=CCCC(F)C=C1C.CC.NC=O. The number of ether oxygens (including phenoxy) is 1. The van der Waals surface area contributed by atoms with Crippen LogP contribution in [0.15, 0.2) is 75.6 Å². The minimum absolute atomic E-state index is 0.000223. The van der Waals surface area contributed by atoms with Crippen LogP contribution in [0.4, 0.5) is 10.1 Å². The van der Waals surface area contributed by atoms with E-state index >= 15 is 0 Å². The van der Waals surface area contributed by atoms with E-state index in [1.807, 2.05) is 26.8 Å². The molecule has 12 nitrogen and oxygen atoms in total. The van der Waals surface area contributed by atoms with Gasteiger partial charge < -0.3 is 26.4 Å². The molecule has 13 heteroatoms. The highest BCUT2D eigenvalue weighted by molar-refractivity contribution is 6.44. The molecule has 0 radical (unpaired) electrons. The van der Waals surface area contributed by atoms with Gasteiger partial charge in [-0.05, 0) is 75.0 Å². The minimum atomic E-state index is -0.961. The maximum atomic E-state index is 13.8. The number of carbonyl (C=O) groups is 4. The summed E-state index contributed by atoms with van der Waals surface area (Å²) in [7, 11) is 1.60. The highest BCUT2D eigenvalue weighted by Gasteiger charge is 2.20. The molecular weight excluding hydrogens is 593 g/mol. The van der Waals surface area contributed by atoms with Crippen LogP contribution < -0.4 is 26.4 Å². The fourth-order valence-electron chi connectivity index (χ4n) is 4.24. The fourth-order valence-corrected chi connectivity index (χ4v) is 4.24. The van der Waals surface area contributed by atoms with Crippen molar-refractivity contribution >= 4 is 41.7 Å². The van der Waals surface area contributed by atoms with Crippen molar-refractivity contribution in [1.29, 1.82) is 0 Å². The van der Waals surface area contributed by atoms with Crippen LogP contribution >= 0.6 is 0 Å². The van der Waals surface area contributed by atoms with Gasteiger partial charge in [0.25, 0.3) is 17.7 Å². The van der Waals surface area contributed by atoms with Gasteiger partial charge in [-0.2, -0.15) is 5.10 Å². The second-order valence-corrected chi connectivity index (χ2v) is 9.59. The van der Waals surface area contributed by atoms with E-state index in [0.717, 1.165) is 16.7 Å². The topological polar surface area (TPSA) is 168 Å². The molecule has 0 fully saturated rings. The first-order valence-corrected chi connectivity index (χ1v) is 15.1. The summed E-state index contributed by atoms with van der Waals surface area (Å²) >= 11 is 0. The van der Waals surface area contributed by atoms with Gasteiger partial charge in [0.1, 0.15) is 23.3 Å². The lowest BCUT2D eigenvalue weighted by Gasteiger charge is -2.19. The number of halogens is 1. The number of benzene rings is 1. The molecular formula is C33H46FN7O5. The number of fused-ring (bicyclic) bond motifs is 1. The normalized spacial score (nSPS) is 16.2. The number of hydrogen-bond donors (Lipinski definition) is 4. The third-order valence-corrected chi connectivity index (χ3v) is 6.32. The molecule has 5 N–H and O–H groups in total. The zero-order chi connectivity index (χ0) is 34.5. The quantitative estimate of drug-likeness (QED) is 0.123. The maximum Gasteiger partial charge on any atom is 0.270 e. The molecule has 46 heavy (non-hydrogen) atoms. The number of likely N-dealkylation sites (N-methyl/N-ethyl adjacent to an activating group) is 1. The molecule has 1 aliphatic carbocycles. The van der Waals surface area contributed by atoms with Gasteiger partial charge in [-0.15, -0.1) is 0 Å². The van der Waals surface area contributed by atoms with Crippen LogP contribution in [-0.2, 0) is 25.7 Å². The first kappa shape index (κ1) is 39.0. The molecule has 1 heterocycles. The smallest absolute Gasteiger partial charge is 0.270 e. The molecule has 1 aromatic rings. The number of carbonyl (C=O) groups excluding carboxylic acids is 4. The summed E-state index contributed by atoms with van der Waals surface area (Å²) in [4.78, 5) is 50.9. The van der Waals surface area contributed by atoms with E-state index in [2.05, 4.69) is 31.8 Å². The number of nitrogens with two attached hydrogens (primary N) is 1. The Labute approximate surface area is 270 Å². The number of rotatable bonds is 11. The Morgan fingerprint density at radius 3 is 2.61 bits per heavy atom. The van der Waals surface area contributed by atoms with Crippen molar-refractivity contribution in [3.63, 3.8) is 0 Å². The minimum Gasteiger partial charge on any atom is -0.482 e. The number of anilines is 1. The Hall–Kier alpha value is -5.07. The lowest BCUT2D eigenvalue weighted by molar-refractivity contribution is -0.119. The third-order valence-electron chi connectivity index (χ3n) is 6.32. The lowest BCUT2D eigenvalue weighted by atomic mass is 10.0. The largest absolute Gasteiger partial charge is 0.482 e. The molecule has 3 rings (SSSR count). The standard InChI is InChI=1S/C30H37FN6O4.C2H6.CH3NO/c1-5-13-32-25(29(39)34-18-21-10-11-27-24(16-21)36-28(38)19-41-27)17-26(37(4)35-6-2)30(40)33-14-12-22-8-7-9-23(31)15-20(22)3;1-2;2-1-3/h5-6,8,10-11,13,15-17,23H,7,9,12,14,18-19H2,1-4H3,(H,33,40)(H,34,39)(H,36,38);1-2H3;1H,(H2,2,3)/b13-5+,26-17-,32-25-,35-6-;;. The van der Waals surface area contributed by atoms with E-state index in [0.29, 0.717) is 37.2 Å². The molecule has 0 bridgehead atoms. The number of aliphatic imine (C=N–C) groups is 1. The fraction of sp³-hybridized carbons (Fsp3) is 0.394. The summed E-state index contributed by atoms with van der Waals surface area (Å²) < 4.78 is 19.2. The molecule has 1 aliphatic heterocycles. The van der Waals surface area contributed by atoms with E-state index in [-0.39, 0.29) is 36.9 Å². The Balaban J connectivity index is 0.00000199. The van der Waals surface area contributed by atoms with E-state index in [9.17, 15) is 18.8 Å². The number of hydrogen-bond acceptors (Lipinski definition) is 8. The summed E-state index contributed by atoms with van der Waals surface area (Å²) in [6, 6.07) is 5.23. The number of amides is 4. The van der Waals surface area contributed by atoms with Crippen LogP contribution in [0.2, 0.25) is 0 Å². The van der Waals surface area contributed by atoms with Gasteiger partial charge in [0.2, 0.25) is 6.41 Å². The first-order valence-electron chi connectivity index (χ1n) is 15.1. The second-order valence-electron chi connectivity index (χ2n) is 9.59. The monoisotopic (exact) mass is 639 g/mol. The summed E-state index contributed by atoms with van der Waals surface area (Å²) in [5.41, 5.74) is 7.42. The number of nitrogens with zero attached hydrogens (tertiary/aromatic N) is 3. The van der Waals surface area contributed by atoms with Crippen molar-refractivity contribution in [2.24, 2.45) is 15.8 Å². The molecule has 4 amide bonds. The maximum absolute atomic E-state index is 13.8. The van der Waals surface area contributed by atoms with Crippen molar-refractivity contribution in [3.05, 3.63) is 71.1 Å². The lowest BCUT2D eigenvalue weighted by Crippen LogP contribution is -2.35. The summed E-state index contributed by atoms with van der Waals surface area (Å²) in [6.07, 6.45) is 10.6. The van der Waals surface area contributed by atoms with E-state index in [1.54, 1.807) is 51.2 Å². The molecule has 250 valence electrons. The Bertz CT molecular complexity index is 1380. The molecule has 0 saturated heterocycles. The van der Waals surface area contributed by atoms with Crippen LogP contribution in [0.1, 0.15) is 59.4 Å². The number of alkyl halides is 1. The van der Waals surface area contributed by atoms with Crippen molar-refractivity contribution in [1.82, 2.24) is 15.6 Å². The molecule has 2 aliphatic rings. The van der Waals surface area contributed by atoms with Gasteiger partial charge in [0, 0.05) is 38.6 Å². The number of allylic oxidation sites excluding steroid dienone is 4. The van der Waals surface area contributed by atoms with Gasteiger partial charge in [-0.3, -0.25) is 29.2 Å². The van der Waals surface area contributed by atoms with Crippen molar-refractivity contribution in [2.45, 2.75) is 66.6 Å². The highest BCUT2D eigenvalue weighted by atomic mass is 19.1. The van der Waals surface area contributed by atoms with Crippen molar-refractivity contribution < 1.29 is 28.3 Å². The van der Waals surface area contributed by atoms with Gasteiger partial charge in [-0.1, -0.05) is 32.1 Å². The zero-order valence-electron chi connectivity index (χ0n) is 27.4. The second kappa shape index (κ2) is 21.6. The van der Waals surface area contributed by atoms with Crippen LogP contribution in [0.5, 0.6) is 5.75 Å². The number of hydrazone groups is 1. The third kappa shape index (κ3) is 13.3. The predicted octanol–water partition coefficient (Wildman–Crippen LogP) is 4.07. The van der Waals surface area contributed by atoms with Crippen LogP contribution in [0.25, 0.3) is 0 Å². The average Bonchev–Trinajstić information content (AvgIpc) is 3.20.